The molecule has 0 atom stereocenters. The maximum atomic E-state index is 12.2. The van der Waals surface area contributed by atoms with Gasteiger partial charge < -0.3 is 10.6 Å². The minimum absolute atomic E-state index is 0.191. The molecule has 1 heterocycles. The van der Waals surface area contributed by atoms with E-state index in [2.05, 4.69) is 29.5 Å². The second kappa shape index (κ2) is 8.45. The lowest BCUT2D eigenvalue weighted by Crippen LogP contribution is -2.25. The highest BCUT2D eigenvalue weighted by molar-refractivity contribution is 6.34. The van der Waals surface area contributed by atoms with Gasteiger partial charge in [-0.05, 0) is 42.7 Å². The molecule has 0 radical (unpaired) electrons. The summed E-state index contributed by atoms with van der Waals surface area (Å²) in [6.07, 6.45) is 3.96. The number of aromatic nitrogens is 1. The quantitative estimate of drug-likeness (QED) is 0.837. The van der Waals surface area contributed by atoms with Crippen LogP contribution in [0.15, 0.2) is 42.7 Å². The molecular weight excluding hydrogens is 326 g/mol. The van der Waals surface area contributed by atoms with E-state index in [1.165, 1.54) is 6.20 Å². The van der Waals surface area contributed by atoms with Crippen molar-refractivity contribution in [3.05, 3.63) is 58.9 Å². The van der Waals surface area contributed by atoms with Gasteiger partial charge in [-0.3, -0.25) is 14.6 Å². The summed E-state index contributed by atoms with van der Waals surface area (Å²) in [5.41, 5.74) is 1.26. The Balaban J connectivity index is 2.08. The number of amides is 2. The zero-order chi connectivity index (χ0) is 17.5. The van der Waals surface area contributed by atoms with Gasteiger partial charge in [-0.2, -0.15) is 0 Å². The number of nitrogens with one attached hydrogen (secondary N) is 2. The maximum absolute atomic E-state index is 12.2. The van der Waals surface area contributed by atoms with Crippen molar-refractivity contribution in [2.45, 2.75) is 20.3 Å². The average Bonchev–Trinajstić information content (AvgIpc) is 2.57. The standard InChI is InChI=1S/C18H20ClN3O2/c1-12(2)7-9-21-17(23)13-5-6-15(19)16(10-13)22-18(24)14-4-3-8-20-11-14/h3-6,8,10-12H,7,9H2,1-2H3,(H,21,23)(H,22,24). The van der Waals surface area contributed by atoms with Crippen molar-refractivity contribution in [3.8, 4) is 0 Å². The summed E-state index contributed by atoms with van der Waals surface area (Å²) in [5.74, 6) is -0.00333. The molecule has 126 valence electrons. The number of carbonyl (C=O) groups is 2. The molecule has 6 heteroatoms. The first-order valence-electron chi connectivity index (χ1n) is 7.76. The van der Waals surface area contributed by atoms with E-state index in [0.717, 1.165) is 6.42 Å². The summed E-state index contributed by atoms with van der Waals surface area (Å²) in [6, 6.07) is 8.12. The molecule has 0 saturated carbocycles. The fraction of sp³-hybridized carbons (Fsp3) is 0.278. The van der Waals surface area contributed by atoms with Crippen LogP contribution in [0.25, 0.3) is 0 Å². The van der Waals surface area contributed by atoms with Crippen molar-refractivity contribution in [3.63, 3.8) is 0 Å². The highest BCUT2D eigenvalue weighted by Gasteiger charge is 2.12. The second-order valence-corrected chi connectivity index (χ2v) is 6.24. The van der Waals surface area contributed by atoms with Gasteiger partial charge in [-0.1, -0.05) is 25.4 Å². The number of halogens is 1. The molecule has 2 N–H and O–H groups in total. The number of anilines is 1. The lowest BCUT2D eigenvalue weighted by atomic mass is 10.1. The van der Waals surface area contributed by atoms with Crippen LogP contribution in [-0.2, 0) is 0 Å². The van der Waals surface area contributed by atoms with Crippen LogP contribution in [0.4, 0.5) is 5.69 Å². The third kappa shape index (κ3) is 5.06. The first-order chi connectivity index (χ1) is 11.5. The molecular formula is C18H20ClN3O2. The first-order valence-corrected chi connectivity index (χ1v) is 8.14. The summed E-state index contributed by atoms with van der Waals surface area (Å²) < 4.78 is 0. The molecule has 2 aromatic rings. The largest absolute Gasteiger partial charge is 0.352 e. The van der Waals surface area contributed by atoms with E-state index in [0.29, 0.717) is 34.3 Å². The summed E-state index contributed by atoms with van der Waals surface area (Å²) in [6.45, 7) is 4.80. The number of rotatable bonds is 6. The van der Waals surface area contributed by atoms with E-state index in [1.807, 2.05) is 0 Å². The summed E-state index contributed by atoms with van der Waals surface area (Å²) >= 11 is 6.12. The van der Waals surface area contributed by atoms with E-state index in [-0.39, 0.29) is 11.8 Å². The monoisotopic (exact) mass is 345 g/mol. The van der Waals surface area contributed by atoms with Crippen LogP contribution in [-0.4, -0.2) is 23.3 Å². The molecule has 1 aromatic carbocycles. The van der Waals surface area contributed by atoms with Crippen LogP contribution in [0.1, 0.15) is 41.0 Å². The molecule has 1 aromatic heterocycles. The molecule has 0 saturated heterocycles. The summed E-state index contributed by atoms with van der Waals surface area (Å²) in [5, 5.41) is 5.93. The van der Waals surface area contributed by atoms with Crippen molar-refractivity contribution in [2.75, 3.05) is 11.9 Å². The summed E-state index contributed by atoms with van der Waals surface area (Å²) in [7, 11) is 0. The smallest absolute Gasteiger partial charge is 0.257 e. The molecule has 0 fully saturated rings. The Kier molecular flexibility index (Phi) is 6.32. The van der Waals surface area contributed by atoms with Crippen LogP contribution in [0, 0.1) is 5.92 Å². The molecule has 2 amide bonds. The number of carbonyl (C=O) groups excluding carboxylic acids is 2. The molecule has 0 spiro atoms. The van der Waals surface area contributed by atoms with E-state index < -0.39 is 0 Å². The van der Waals surface area contributed by atoms with Gasteiger partial charge in [-0.25, -0.2) is 0 Å². The Morgan fingerprint density at radius 3 is 2.62 bits per heavy atom. The number of benzene rings is 1. The topological polar surface area (TPSA) is 71.1 Å². The van der Waals surface area contributed by atoms with Crippen molar-refractivity contribution in [1.82, 2.24) is 10.3 Å². The molecule has 0 unspecified atom stereocenters. The zero-order valence-corrected chi connectivity index (χ0v) is 14.4. The van der Waals surface area contributed by atoms with Crippen molar-refractivity contribution >= 4 is 29.1 Å². The van der Waals surface area contributed by atoms with Gasteiger partial charge in [0.25, 0.3) is 11.8 Å². The molecule has 24 heavy (non-hydrogen) atoms. The Morgan fingerprint density at radius 2 is 1.96 bits per heavy atom. The maximum Gasteiger partial charge on any atom is 0.257 e. The predicted octanol–water partition coefficient (Wildman–Crippen LogP) is 3.76. The Bertz CT molecular complexity index is 717. The van der Waals surface area contributed by atoms with Gasteiger partial charge in [0, 0.05) is 24.5 Å². The number of nitrogens with zero attached hydrogens (tertiary/aromatic N) is 1. The third-order valence-electron chi connectivity index (χ3n) is 3.41. The SMILES string of the molecule is CC(C)CCNC(=O)c1ccc(Cl)c(NC(=O)c2cccnc2)c1. The van der Waals surface area contributed by atoms with E-state index in [4.69, 9.17) is 11.6 Å². The number of hydrogen-bond donors (Lipinski definition) is 2. The number of pyridine rings is 1. The van der Waals surface area contributed by atoms with Crippen molar-refractivity contribution < 1.29 is 9.59 Å². The Morgan fingerprint density at radius 1 is 1.17 bits per heavy atom. The van der Waals surface area contributed by atoms with Gasteiger partial charge in [0.15, 0.2) is 0 Å². The number of hydrogen-bond acceptors (Lipinski definition) is 3. The average molecular weight is 346 g/mol. The van der Waals surface area contributed by atoms with E-state index in [9.17, 15) is 9.59 Å². The van der Waals surface area contributed by atoms with Crippen molar-refractivity contribution in [1.29, 1.82) is 0 Å². The molecule has 0 aliphatic carbocycles. The van der Waals surface area contributed by atoms with Gasteiger partial charge in [0.1, 0.15) is 0 Å². The first kappa shape index (κ1) is 17.9. The highest BCUT2D eigenvalue weighted by atomic mass is 35.5. The van der Waals surface area contributed by atoms with Crippen LogP contribution >= 0.6 is 11.6 Å². The molecule has 2 rings (SSSR count). The molecule has 5 nitrogen and oxygen atoms in total. The van der Waals surface area contributed by atoms with Crippen molar-refractivity contribution in [2.24, 2.45) is 5.92 Å². The van der Waals surface area contributed by atoms with Crippen LogP contribution in [0.3, 0.4) is 0 Å². The molecule has 0 bridgehead atoms. The van der Waals surface area contributed by atoms with Crippen LogP contribution < -0.4 is 10.6 Å². The van der Waals surface area contributed by atoms with Gasteiger partial charge >= 0.3 is 0 Å². The third-order valence-corrected chi connectivity index (χ3v) is 3.74. The predicted molar refractivity (Wildman–Crippen MR) is 95.4 cm³/mol. The van der Waals surface area contributed by atoms with E-state index >= 15 is 0 Å². The van der Waals surface area contributed by atoms with Crippen LogP contribution in [0.2, 0.25) is 5.02 Å². The Labute approximate surface area is 146 Å². The highest BCUT2D eigenvalue weighted by Crippen LogP contribution is 2.23. The molecule has 0 aliphatic heterocycles. The molecule has 0 aliphatic rings. The van der Waals surface area contributed by atoms with Gasteiger partial charge in [0.2, 0.25) is 0 Å². The minimum atomic E-state index is -0.331. The Hall–Kier alpha value is -2.40. The van der Waals surface area contributed by atoms with Gasteiger partial charge in [-0.15, -0.1) is 0 Å². The van der Waals surface area contributed by atoms with Crippen LogP contribution in [0.5, 0.6) is 0 Å². The fourth-order valence-electron chi connectivity index (χ4n) is 2.03. The lowest BCUT2D eigenvalue weighted by Gasteiger charge is -2.11. The normalized spacial score (nSPS) is 10.5. The summed E-state index contributed by atoms with van der Waals surface area (Å²) in [4.78, 5) is 28.3. The second-order valence-electron chi connectivity index (χ2n) is 5.83. The zero-order valence-electron chi connectivity index (χ0n) is 13.7. The fourth-order valence-corrected chi connectivity index (χ4v) is 2.20. The van der Waals surface area contributed by atoms with E-state index in [1.54, 1.807) is 36.5 Å². The minimum Gasteiger partial charge on any atom is -0.352 e. The lowest BCUT2D eigenvalue weighted by molar-refractivity contribution is 0.0950. The van der Waals surface area contributed by atoms with Gasteiger partial charge in [0.05, 0.1) is 16.3 Å².